The van der Waals surface area contributed by atoms with Crippen molar-refractivity contribution >= 4 is 17.7 Å². The fraction of sp³-hybridized carbons (Fsp3) is 0.417. The molecule has 16 heavy (non-hydrogen) atoms. The van der Waals surface area contributed by atoms with Crippen LogP contribution in [0.4, 0.5) is 4.39 Å². The molecule has 4 heteroatoms. The Balaban J connectivity index is 2.19. The Morgan fingerprint density at radius 2 is 2.06 bits per heavy atom. The monoisotopic (exact) mass is 239 g/mol. The lowest BCUT2D eigenvalue weighted by Crippen LogP contribution is -2.38. The Bertz CT molecular complexity index is 402. The summed E-state index contributed by atoms with van der Waals surface area (Å²) in [6.45, 7) is 3.25. The molecule has 0 bridgehead atoms. The van der Waals surface area contributed by atoms with Gasteiger partial charge in [0.1, 0.15) is 5.82 Å². The number of carbonyl (C=O) groups is 1. The molecule has 1 aromatic rings. The van der Waals surface area contributed by atoms with Crippen LogP contribution in [0.25, 0.3) is 0 Å². The average molecular weight is 239 g/mol. The van der Waals surface area contributed by atoms with Crippen LogP contribution in [0.15, 0.2) is 18.2 Å². The van der Waals surface area contributed by atoms with E-state index in [4.69, 9.17) is 0 Å². The molecule has 2 rings (SSSR count). The molecule has 1 saturated heterocycles. The van der Waals surface area contributed by atoms with Crippen molar-refractivity contribution in [1.82, 2.24) is 4.90 Å². The number of halogens is 1. The molecular formula is C12H14FNOS. The second-order valence-electron chi connectivity index (χ2n) is 3.89. The largest absolute Gasteiger partial charge is 0.337 e. The van der Waals surface area contributed by atoms with E-state index >= 15 is 0 Å². The third kappa shape index (κ3) is 2.38. The van der Waals surface area contributed by atoms with Crippen molar-refractivity contribution in [2.45, 2.75) is 6.92 Å². The molecule has 1 aliphatic heterocycles. The van der Waals surface area contributed by atoms with Crippen LogP contribution in [0.5, 0.6) is 0 Å². The highest BCUT2D eigenvalue weighted by atomic mass is 32.2. The predicted molar refractivity (Wildman–Crippen MR) is 64.4 cm³/mol. The first-order valence-electron chi connectivity index (χ1n) is 5.31. The molecule has 0 aliphatic carbocycles. The van der Waals surface area contributed by atoms with E-state index in [1.54, 1.807) is 17.0 Å². The molecule has 1 aliphatic rings. The van der Waals surface area contributed by atoms with Gasteiger partial charge in [-0.3, -0.25) is 4.79 Å². The Kier molecular flexibility index (Phi) is 3.49. The van der Waals surface area contributed by atoms with Gasteiger partial charge >= 0.3 is 0 Å². The highest BCUT2D eigenvalue weighted by molar-refractivity contribution is 7.99. The minimum absolute atomic E-state index is 0.183. The number of rotatable bonds is 1. The van der Waals surface area contributed by atoms with E-state index in [1.807, 2.05) is 18.7 Å². The van der Waals surface area contributed by atoms with Gasteiger partial charge in [-0.05, 0) is 24.6 Å². The van der Waals surface area contributed by atoms with Gasteiger partial charge in [-0.1, -0.05) is 6.07 Å². The Labute approximate surface area is 98.8 Å². The number of amides is 1. The highest BCUT2D eigenvalue weighted by Crippen LogP contribution is 2.16. The minimum Gasteiger partial charge on any atom is -0.337 e. The molecule has 86 valence electrons. The zero-order valence-electron chi connectivity index (χ0n) is 9.20. The smallest absolute Gasteiger partial charge is 0.256 e. The summed E-state index contributed by atoms with van der Waals surface area (Å²) in [4.78, 5) is 13.7. The number of nitrogens with zero attached hydrogens (tertiary/aromatic N) is 1. The summed E-state index contributed by atoms with van der Waals surface area (Å²) >= 11 is 1.83. The summed E-state index contributed by atoms with van der Waals surface area (Å²) in [6, 6.07) is 4.76. The van der Waals surface area contributed by atoms with Gasteiger partial charge in [0, 0.05) is 24.6 Å². The van der Waals surface area contributed by atoms with Crippen LogP contribution in [-0.2, 0) is 0 Å². The van der Waals surface area contributed by atoms with Gasteiger partial charge in [-0.15, -0.1) is 0 Å². The van der Waals surface area contributed by atoms with E-state index < -0.39 is 5.82 Å². The van der Waals surface area contributed by atoms with E-state index in [1.165, 1.54) is 6.07 Å². The van der Waals surface area contributed by atoms with E-state index in [9.17, 15) is 9.18 Å². The number of carbonyl (C=O) groups excluding carboxylic acids is 1. The van der Waals surface area contributed by atoms with E-state index in [0.29, 0.717) is 0 Å². The van der Waals surface area contributed by atoms with E-state index in [0.717, 1.165) is 30.2 Å². The molecule has 0 saturated carbocycles. The number of benzene rings is 1. The van der Waals surface area contributed by atoms with Gasteiger partial charge in [-0.2, -0.15) is 11.8 Å². The summed E-state index contributed by atoms with van der Waals surface area (Å²) in [7, 11) is 0. The molecule has 0 N–H and O–H groups in total. The van der Waals surface area contributed by atoms with E-state index in [-0.39, 0.29) is 11.5 Å². The van der Waals surface area contributed by atoms with Crippen molar-refractivity contribution in [3.05, 3.63) is 35.1 Å². The van der Waals surface area contributed by atoms with Crippen LogP contribution in [0, 0.1) is 12.7 Å². The number of hydrogen-bond donors (Lipinski definition) is 0. The molecule has 1 fully saturated rings. The Morgan fingerprint density at radius 1 is 1.38 bits per heavy atom. The second-order valence-corrected chi connectivity index (χ2v) is 5.11. The van der Waals surface area contributed by atoms with Crippen LogP contribution in [0.3, 0.4) is 0 Å². The van der Waals surface area contributed by atoms with Gasteiger partial charge in [-0.25, -0.2) is 4.39 Å². The minimum atomic E-state index is -0.414. The van der Waals surface area contributed by atoms with Gasteiger partial charge in [0.25, 0.3) is 5.91 Å². The van der Waals surface area contributed by atoms with Crippen LogP contribution in [0.2, 0.25) is 0 Å². The van der Waals surface area contributed by atoms with Gasteiger partial charge in [0.15, 0.2) is 0 Å². The van der Waals surface area contributed by atoms with Crippen molar-refractivity contribution in [1.29, 1.82) is 0 Å². The molecular weight excluding hydrogens is 225 g/mol. The molecule has 0 aromatic heterocycles. The lowest BCUT2D eigenvalue weighted by atomic mass is 10.1. The van der Waals surface area contributed by atoms with Gasteiger partial charge in [0.2, 0.25) is 0 Å². The first kappa shape index (κ1) is 11.5. The summed E-state index contributed by atoms with van der Waals surface area (Å²) in [5.41, 5.74) is 1.03. The molecule has 0 atom stereocenters. The number of hydrogen-bond acceptors (Lipinski definition) is 2. The topological polar surface area (TPSA) is 20.3 Å². The molecule has 1 heterocycles. The summed E-state index contributed by atoms with van der Waals surface area (Å²) < 4.78 is 13.6. The number of aryl methyl sites for hydroxylation is 1. The first-order chi connectivity index (χ1) is 7.68. The molecule has 2 nitrogen and oxygen atoms in total. The van der Waals surface area contributed by atoms with Crippen LogP contribution in [0.1, 0.15) is 15.9 Å². The second kappa shape index (κ2) is 4.87. The van der Waals surface area contributed by atoms with Crippen molar-refractivity contribution in [2.24, 2.45) is 0 Å². The zero-order chi connectivity index (χ0) is 11.5. The quantitative estimate of drug-likeness (QED) is 0.749. The SMILES string of the molecule is Cc1ccc(C(=O)N2CCSCC2)c(F)c1. The lowest BCUT2D eigenvalue weighted by molar-refractivity contribution is 0.0767. The zero-order valence-corrected chi connectivity index (χ0v) is 10.0. The molecule has 0 spiro atoms. The van der Waals surface area contributed by atoms with Gasteiger partial charge in [0.05, 0.1) is 5.56 Å². The standard InChI is InChI=1S/C12H14FNOS/c1-9-2-3-10(11(13)8-9)12(15)14-4-6-16-7-5-14/h2-3,8H,4-7H2,1H3. The van der Waals surface area contributed by atoms with Crippen LogP contribution in [-0.4, -0.2) is 35.4 Å². The average Bonchev–Trinajstić information content (AvgIpc) is 2.29. The first-order valence-corrected chi connectivity index (χ1v) is 6.47. The van der Waals surface area contributed by atoms with Crippen molar-refractivity contribution in [3.63, 3.8) is 0 Å². The van der Waals surface area contributed by atoms with Crippen molar-refractivity contribution in [3.8, 4) is 0 Å². The maximum atomic E-state index is 13.6. The lowest BCUT2D eigenvalue weighted by Gasteiger charge is -2.26. The van der Waals surface area contributed by atoms with Crippen LogP contribution >= 0.6 is 11.8 Å². The van der Waals surface area contributed by atoms with Crippen molar-refractivity contribution < 1.29 is 9.18 Å². The predicted octanol–water partition coefficient (Wildman–Crippen LogP) is 2.32. The normalized spacial score (nSPS) is 16.2. The summed E-state index contributed by atoms with van der Waals surface area (Å²) in [6.07, 6.45) is 0. The number of thioether (sulfide) groups is 1. The Morgan fingerprint density at radius 3 is 2.69 bits per heavy atom. The maximum Gasteiger partial charge on any atom is 0.256 e. The summed E-state index contributed by atoms with van der Waals surface area (Å²) in [5.74, 6) is 1.29. The fourth-order valence-corrected chi connectivity index (χ4v) is 2.63. The molecule has 0 unspecified atom stereocenters. The van der Waals surface area contributed by atoms with E-state index in [2.05, 4.69) is 0 Å². The highest BCUT2D eigenvalue weighted by Gasteiger charge is 2.20. The van der Waals surface area contributed by atoms with Crippen molar-refractivity contribution in [2.75, 3.05) is 24.6 Å². The Hall–Kier alpha value is -1.03. The molecule has 1 amide bonds. The summed E-state index contributed by atoms with van der Waals surface area (Å²) in [5, 5.41) is 0. The third-order valence-corrected chi connectivity index (χ3v) is 3.60. The van der Waals surface area contributed by atoms with Gasteiger partial charge < -0.3 is 4.90 Å². The third-order valence-electron chi connectivity index (χ3n) is 2.65. The molecule has 1 aromatic carbocycles. The molecule has 0 radical (unpaired) electrons. The fourth-order valence-electron chi connectivity index (χ4n) is 1.73. The van der Waals surface area contributed by atoms with Crippen LogP contribution < -0.4 is 0 Å². The maximum absolute atomic E-state index is 13.6.